The number of anilines is 1. The Morgan fingerprint density at radius 1 is 1.37 bits per heavy atom. The Kier molecular flexibility index (Phi) is 4.43. The summed E-state index contributed by atoms with van der Waals surface area (Å²) in [5.74, 6) is -0.736. The number of benzene rings is 1. The lowest BCUT2D eigenvalue weighted by Crippen LogP contribution is -2.39. The molecule has 1 aromatic carbocycles. The van der Waals surface area contributed by atoms with E-state index in [1.165, 1.54) is 16.8 Å². The van der Waals surface area contributed by atoms with Crippen LogP contribution in [0, 0.1) is 13.8 Å². The van der Waals surface area contributed by atoms with E-state index < -0.39 is 5.97 Å². The van der Waals surface area contributed by atoms with Crippen molar-refractivity contribution in [3.63, 3.8) is 0 Å². The van der Waals surface area contributed by atoms with Crippen molar-refractivity contribution in [1.29, 1.82) is 0 Å². The number of nitrogens with one attached hydrogen (secondary N) is 1. The quantitative estimate of drug-likeness (QED) is 0.874. The van der Waals surface area contributed by atoms with Crippen molar-refractivity contribution in [3.05, 3.63) is 29.3 Å². The van der Waals surface area contributed by atoms with Crippen LogP contribution in [0.5, 0.6) is 0 Å². The molecule has 1 fully saturated rings. The van der Waals surface area contributed by atoms with E-state index in [2.05, 4.69) is 42.3 Å². The van der Waals surface area contributed by atoms with Gasteiger partial charge in [0.25, 0.3) is 0 Å². The average Bonchev–Trinajstić information content (AvgIpc) is 2.52. The van der Waals surface area contributed by atoms with Crippen LogP contribution in [0.4, 0.5) is 5.69 Å². The molecule has 1 heterocycles. The first-order valence-corrected chi connectivity index (χ1v) is 6.83. The number of carboxylic acids is 1. The van der Waals surface area contributed by atoms with Crippen LogP contribution in [0.2, 0.25) is 0 Å². The molecule has 0 aliphatic carbocycles. The predicted molar refractivity (Wildman–Crippen MR) is 76.8 cm³/mol. The molecule has 0 bridgehead atoms. The molecule has 1 aliphatic heterocycles. The third kappa shape index (κ3) is 3.96. The Hall–Kier alpha value is -1.55. The van der Waals surface area contributed by atoms with Crippen molar-refractivity contribution in [3.8, 4) is 0 Å². The summed E-state index contributed by atoms with van der Waals surface area (Å²) >= 11 is 0. The first-order valence-electron chi connectivity index (χ1n) is 6.83. The van der Waals surface area contributed by atoms with Crippen LogP contribution in [0.3, 0.4) is 0 Å². The summed E-state index contributed by atoms with van der Waals surface area (Å²) in [5, 5.41) is 12.3. The molecule has 4 nitrogen and oxygen atoms in total. The van der Waals surface area contributed by atoms with Gasteiger partial charge in [-0.1, -0.05) is 6.07 Å². The highest BCUT2D eigenvalue weighted by Gasteiger charge is 2.20. The van der Waals surface area contributed by atoms with Gasteiger partial charge in [-0.2, -0.15) is 0 Å². The van der Waals surface area contributed by atoms with Gasteiger partial charge in [0, 0.05) is 24.8 Å². The Balaban J connectivity index is 2.15. The minimum Gasteiger partial charge on any atom is -0.481 e. The average molecular weight is 262 g/mol. The van der Waals surface area contributed by atoms with E-state index in [9.17, 15) is 4.79 Å². The molecule has 104 valence electrons. The Bertz CT molecular complexity index is 439. The zero-order chi connectivity index (χ0) is 13.8. The first-order chi connectivity index (χ1) is 9.04. The largest absolute Gasteiger partial charge is 0.481 e. The molecule has 19 heavy (non-hydrogen) atoms. The number of nitrogens with zero attached hydrogens (tertiary/aromatic N) is 1. The minimum atomic E-state index is -0.736. The summed E-state index contributed by atoms with van der Waals surface area (Å²) in [6, 6.07) is 6.54. The standard InChI is InChI=1S/C15H22N2O2/c1-11-6-12(2)8-14(7-11)17-5-3-4-16-13(10-17)9-15(18)19/h6-8,13,16H,3-5,9-10H2,1-2H3,(H,18,19). The summed E-state index contributed by atoms with van der Waals surface area (Å²) in [7, 11) is 0. The van der Waals surface area contributed by atoms with Crippen LogP contribution in [-0.2, 0) is 4.79 Å². The topological polar surface area (TPSA) is 52.6 Å². The number of hydrogen-bond donors (Lipinski definition) is 2. The van der Waals surface area contributed by atoms with Crippen LogP contribution >= 0.6 is 0 Å². The molecular weight excluding hydrogens is 240 g/mol. The van der Waals surface area contributed by atoms with Gasteiger partial charge in [-0.15, -0.1) is 0 Å². The van der Waals surface area contributed by atoms with Crippen molar-refractivity contribution in [2.45, 2.75) is 32.7 Å². The number of carboxylic acid groups (broad SMARTS) is 1. The summed E-state index contributed by atoms with van der Waals surface area (Å²) < 4.78 is 0. The van der Waals surface area contributed by atoms with E-state index in [0.29, 0.717) is 0 Å². The number of aliphatic carboxylic acids is 1. The predicted octanol–water partition coefficient (Wildman–Crippen LogP) is 1.95. The lowest BCUT2D eigenvalue weighted by molar-refractivity contribution is -0.137. The second kappa shape index (κ2) is 6.06. The highest BCUT2D eigenvalue weighted by molar-refractivity contribution is 5.67. The molecule has 0 saturated carbocycles. The summed E-state index contributed by atoms with van der Waals surface area (Å²) in [5.41, 5.74) is 3.71. The van der Waals surface area contributed by atoms with E-state index in [1.54, 1.807) is 0 Å². The minimum absolute atomic E-state index is 0.0285. The number of aryl methyl sites for hydroxylation is 2. The van der Waals surface area contributed by atoms with E-state index in [-0.39, 0.29) is 12.5 Å². The Morgan fingerprint density at radius 2 is 2.05 bits per heavy atom. The lowest BCUT2D eigenvalue weighted by atomic mass is 10.1. The molecule has 0 amide bonds. The summed E-state index contributed by atoms with van der Waals surface area (Å²) in [6.45, 7) is 6.82. The highest BCUT2D eigenvalue weighted by atomic mass is 16.4. The zero-order valence-corrected chi connectivity index (χ0v) is 11.6. The third-order valence-corrected chi connectivity index (χ3v) is 3.47. The van der Waals surface area contributed by atoms with Crippen molar-refractivity contribution < 1.29 is 9.90 Å². The van der Waals surface area contributed by atoms with Crippen LogP contribution in [-0.4, -0.2) is 36.8 Å². The number of hydrogen-bond acceptors (Lipinski definition) is 3. The molecule has 4 heteroatoms. The fourth-order valence-electron chi connectivity index (χ4n) is 2.71. The van der Waals surface area contributed by atoms with Gasteiger partial charge in [0.1, 0.15) is 0 Å². The summed E-state index contributed by atoms with van der Waals surface area (Å²) in [6.07, 6.45) is 1.23. The molecule has 1 saturated heterocycles. The molecule has 1 atom stereocenters. The second-order valence-corrected chi connectivity index (χ2v) is 5.39. The van der Waals surface area contributed by atoms with Gasteiger partial charge in [-0.05, 0) is 50.1 Å². The Morgan fingerprint density at radius 3 is 2.68 bits per heavy atom. The number of rotatable bonds is 3. The van der Waals surface area contributed by atoms with Crippen molar-refractivity contribution >= 4 is 11.7 Å². The fourth-order valence-corrected chi connectivity index (χ4v) is 2.71. The second-order valence-electron chi connectivity index (χ2n) is 5.39. The first kappa shape index (κ1) is 13.9. The monoisotopic (exact) mass is 262 g/mol. The van der Waals surface area contributed by atoms with Gasteiger partial charge in [0.05, 0.1) is 6.42 Å². The smallest absolute Gasteiger partial charge is 0.304 e. The van der Waals surface area contributed by atoms with Gasteiger partial charge in [0.2, 0.25) is 0 Å². The summed E-state index contributed by atoms with van der Waals surface area (Å²) in [4.78, 5) is 13.2. The molecule has 1 unspecified atom stereocenters. The highest BCUT2D eigenvalue weighted by Crippen LogP contribution is 2.20. The molecule has 1 aromatic rings. The van der Waals surface area contributed by atoms with Crippen LogP contribution < -0.4 is 10.2 Å². The normalized spacial score (nSPS) is 20.1. The van der Waals surface area contributed by atoms with E-state index in [4.69, 9.17) is 5.11 Å². The zero-order valence-electron chi connectivity index (χ0n) is 11.6. The van der Waals surface area contributed by atoms with Gasteiger partial charge in [-0.25, -0.2) is 0 Å². The molecule has 2 N–H and O–H groups in total. The van der Waals surface area contributed by atoms with Gasteiger partial charge in [0.15, 0.2) is 0 Å². The fraction of sp³-hybridized carbons (Fsp3) is 0.533. The third-order valence-electron chi connectivity index (χ3n) is 3.47. The van der Waals surface area contributed by atoms with Gasteiger partial charge >= 0.3 is 5.97 Å². The Labute approximate surface area is 114 Å². The van der Waals surface area contributed by atoms with Crippen LogP contribution in [0.25, 0.3) is 0 Å². The molecular formula is C15H22N2O2. The molecule has 2 rings (SSSR count). The van der Waals surface area contributed by atoms with Crippen molar-refractivity contribution in [1.82, 2.24) is 5.32 Å². The van der Waals surface area contributed by atoms with Gasteiger partial charge in [-0.3, -0.25) is 4.79 Å². The molecule has 0 radical (unpaired) electrons. The SMILES string of the molecule is Cc1cc(C)cc(N2CCCNC(CC(=O)O)C2)c1. The van der Waals surface area contributed by atoms with E-state index >= 15 is 0 Å². The van der Waals surface area contributed by atoms with Crippen molar-refractivity contribution in [2.24, 2.45) is 0 Å². The maximum Gasteiger partial charge on any atom is 0.304 e. The van der Waals surface area contributed by atoms with E-state index in [1.807, 2.05) is 0 Å². The molecule has 1 aliphatic rings. The lowest BCUT2D eigenvalue weighted by Gasteiger charge is -2.26. The molecule has 0 aromatic heterocycles. The van der Waals surface area contributed by atoms with Crippen LogP contribution in [0.15, 0.2) is 18.2 Å². The van der Waals surface area contributed by atoms with Crippen molar-refractivity contribution in [2.75, 3.05) is 24.5 Å². The maximum absolute atomic E-state index is 10.9. The van der Waals surface area contributed by atoms with E-state index in [0.717, 1.165) is 26.1 Å². The maximum atomic E-state index is 10.9. The van der Waals surface area contributed by atoms with Crippen LogP contribution in [0.1, 0.15) is 24.0 Å². The molecule has 0 spiro atoms. The van der Waals surface area contributed by atoms with Gasteiger partial charge < -0.3 is 15.3 Å². The number of carbonyl (C=O) groups is 1.